The maximum absolute atomic E-state index is 13.2. The number of ether oxygens (including phenoxy) is 8. The van der Waals surface area contributed by atoms with E-state index in [2.05, 4.69) is 10.6 Å². The molecule has 5 aliphatic rings. The monoisotopic (exact) mass is 801 g/mol. The third-order valence-corrected chi connectivity index (χ3v) is 11.8. The van der Waals surface area contributed by atoms with Crippen LogP contribution in [0.2, 0.25) is 0 Å². The number of hydrogen-bond acceptors (Lipinski definition) is 15. The van der Waals surface area contributed by atoms with Gasteiger partial charge in [0.15, 0.2) is 18.9 Å². The summed E-state index contributed by atoms with van der Waals surface area (Å²) in [5, 5.41) is 49.5. The highest BCUT2D eigenvalue weighted by Crippen LogP contribution is 2.43. The lowest BCUT2D eigenvalue weighted by molar-refractivity contribution is -0.376. The summed E-state index contributed by atoms with van der Waals surface area (Å²) in [4.78, 5) is 27.5. The minimum Gasteiger partial charge on any atom is -0.445 e. The van der Waals surface area contributed by atoms with E-state index in [1.807, 2.05) is 67.6 Å². The number of amides is 2. The molecular weight excluding hydrogens is 746 g/mol. The minimum atomic E-state index is -1.33. The SMILES string of the molecule is CC1C[C@@H]2OC(OC3OC(C)[C@@H](C)[C@H](O)[C@@H]3O)C3C(O[C@H](O)N3C)C2O[C@@H]1O[C@@H]1C(NC(=O)OCc2ccccc2)CC(NC(=O)OCc2ccccc2)C[C@H]1O. The topological polar surface area (TPSA) is 216 Å². The number of carbonyl (C=O) groups is 2. The van der Waals surface area contributed by atoms with Crippen LogP contribution >= 0.6 is 0 Å². The second-order valence-corrected chi connectivity index (χ2v) is 15.8. The summed E-state index contributed by atoms with van der Waals surface area (Å²) < 4.78 is 48.6. The van der Waals surface area contributed by atoms with Crippen molar-refractivity contribution in [1.82, 2.24) is 15.5 Å². The molecular formula is C40H55N3O14. The van der Waals surface area contributed by atoms with Gasteiger partial charge in [-0.3, -0.25) is 0 Å². The number of nitrogens with zero attached hydrogens (tertiary/aromatic N) is 1. The van der Waals surface area contributed by atoms with E-state index in [0.717, 1.165) is 11.1 Å². The maximum Gasteiger partial charge on any atom is 0.407 e. The standard InChI is InChI=1S/C40H55N3O14/c1-20-15-28-33(34-29(43(4)40(49)56-34)36(53-28)57-37-31(46)30(45)21(2)22(3)52-37)55-35(20)54-32-26(42-39(48)51-19-24-13-9-6-10-14-24)16-25(17-27(32)44)41-38(47)50-18-23-11-7-5-8-12-23/h5-14,20-22,25-37,40,44-46,49H,15-19H2,1-4H3,(H,41,47)(H,42,48)/t20?,21-,22?,25?,26?,27-,28+,29?,30+,31+,32-,33?,34?,35+,36?,37?,40+/m1/s1. The summed E-state index contributed by atoms with van der Waals surface area (Å²) in [6, 6.07) is 16.3. The molecule has 2 aromatic carbocycles. The Morgan fingerprint density at radius 3 is 2.00 bits per heavy atom. The summed E-state index contributed by atoms with van der Waals surface area (Å²) in [6.45, 7) is 5.55. The second-order valence-electron chi connectivity index (χ2n) is 15.8. The van der Waals surface area contributed by atoms with Crippen molar-refractivity contribution in [3.63, 3.8) is 0 Å². The fourth-order valence-corrected chi connectivity index (χ4v) is 8.34. The van der Waals surface area contributed by atoms with Gasteiger partial charge in [-0.2, -0.15) is 0 Å². The van der Waals surface area contributed by atoms with Crippen LogP contribution in [-0.4, -0.2) is 137 Å². The van der Waals surface area contributed by atoms with Gasteiger partial charge in [0, 0.05) is 17.9 Å². The zero-order valence-electron chi connectivity index (χ0n) is 32.4. The van der Waals surface area contributed by atoms with Gasteiger partial charge >= 0.3 is 12.2 Å². The van der Waals surface area contributed by atoms with Gasteiger partial charge in [-0.25, -0.2) is 14.5 Å². The van der Waals surface area contributed by atoms with E-state index in [4.69, 9.17) is 37.9 Å². The van der Waals surface area contributed by atoms with Gasteiger partial charge in [0.05, 0.1) is 36.5 Å². The Morgan fingerprint density at radius 1 is 0.719 bits per heavy atom. The first-order valence-corrected chi connectivity index (χ1v) is 19.7. The predicted octanol–water partition coefficient (Wildman–Crippen LogP) is 1.69. The number of aliphatic hydroxyl groups is 4. The number of alkyl carbamates (subject to hydrolysis) is 2. The van der Waals surface area contributed by atoms with Gasteiger partial charge in [0.1, 0.15) is 37.6 Å². The molecule has 6 N–H and O–H groups in total. The molecule has 1 saturated carbocycles. The molecule has 9 unspecified atom stereocenters. The minimum absolute atomic E-state index is 0.0188. The van der Waals surface area contributed by atoms with E-state index >= 15 is 0 Å². The molecule has 0 bridgehead atoms. The highest BCUT2D eigenvalue weighted by molar-refractivity contribution is 5.68. The fourth-order valence-electron chi connectivity index (χ4n) is 8.34. The predicted molar refractivity (Wildman–Crippen MR) is 197 cm³/mol. The van der Waals surface area contributed by atoms with Crippen LogP contribution in [0.15, 0.2) is 60.7 Å². The Morgan fingerprint density at radius 2 is 1.35 bits per heavy atom. The molecule has 17 nitrogen and oxygen atoms in total. The van der Waals surface area contributed by atoms with Crippen molar-refractivity contribution in [3.8, 4) is 0 Å². The molecule has 314 valence electrons. The molecule has 7 rings (SSSR count). The zero-order valence-corrected chi connectivity index (χ0v) is 32.4. The van der Waals surface area contributed by atoms with Crippen molar-refractivity contribution >= 4 is 12.2 Å². The molecule has 4 saturated heterocycles. The Labute approximate surface area is 331 Å². The van der Waals surface area contributed by atoms with Gasteiger partial charge in [-0.15, -0.1) is 0 Å². The highest BCUT2D eigenvalue weighted by Gasteiger charge is 2.59. The number of rotatable bonds is 10. The number of likely N-dealkylation sites (N-methyl/N-ethyl adjacent to an activating group) is 1. The van der Waals surface area contributed by atoms with Crippen molar-refractivity contribution in [3.05, 3.63) is 71.8 Å². The maximum atomic E-state index is 13.2. The number of hydrogen-bond donors (Lipinski definition) is 6. The van der Waals surface area contributed by atoms with Crippen molar-refractivity contribution < 1.29 is 67.9 Å². The third-order valence-electron chi connectivity index (χ3n) is 11.8. The van der Waals surface area contributed by atoms with Crippen LogP contribution in [0.3, 0.4) is 0 Å². The molecule has 17 atom stereocenters. The van der Waals surface area contributed by atoms with Gasteiger partial charge < -0.3 is 69.0 Å². The van der Waals surface area contributed by atoms with E-state index in [-0.39, 0.29) is 37.9 Å². The van der Waals surface area contributed by atoms with E-state index in [1.165, 1.54) is 4.90 Å². The quantitative estimate of drug-likeness (QED) is 0.202. The van der Waals surface area contributed by atoms with Gasteiger partial charge in [0.25, 0.3) is 0 Å². The largest absolute Gasteiger partial charge is 0.445 e. The molecule has 2 amide bonds. The van der Waals surface area contributed by atoms with Crippen LogP contribution in [0.25, 0.3) is 0 Å². The fraction of sp³-hybridized carbons (Fsp3) is 0.650. The lowest BCUT2D eigenvalue weighted by Gasteiger charge is -2.51. The zero-order chi connectivity index (χ0) is 40.4. The third kappa shape index (κ3) is 9.55. The Bertz CT molecular complexity index is 1630. The summed E-state index contributed by atoms with van der Waals surface area (Å²) in [5.74, 6) is -0.637. The van der Waals surface area contributed by atoms with Crippen molar-refractivity contribution in [2.75, 3.05) is 7.05 Å². The molecule has 2 aromatic rings. The Hall–Kier alpha value is -3.46. The smallest absolute Gasteiger partial charge is 0.407 e. The molecule has 1 aliphatic carbocycles. The number of aliphatic hydroxyl groups excluding tert-OH is 4. The van der Waals surface area contributed by atoms with Crippen LogP contribution in [0.5, 0.6) is 0 Å². The van der Waals surface area contributed by atoms with Crippen LogP contribution in [0.1, 0.15) is 51.2 Å². The average molecular weight is 802 g/mol. The molecule has 4 heterocycles. The van der Waals surface area contributed by atoms with E-state index < -0.39 is 104 Å². The highest BCUT2D eigenvalue weighted by atomic mass is 16.8. The molecule has 0 spiro atoms. The molecule has 17 heteroatoms. The van der Waals surface area contributed by atoms with Crippen LogP contribution in [-0.2, 0) is 51.1 Å². The number of carbonyl (C=O) groups excluding carboxylic acids is 2. The Kier molecular flexibility index (Phi) is 13.3. The number of nitrogens with one attached hydrogen (secondary N) is 2. The lowest BCUT2D eigenvalue weighted by atomic mass is 9.85. The van der Waals surface area contributed by atoms with Crippen molar-refractivity contribution in [1.29, 1.82) is 0 Å². The molecule has 5 fully saturated rings. The summed E-state index contributed by atoms with van der Waals surface area (Å²) in [7, 11) is 1.64. The van der Waals surface area contributed by atoms with Crippen LogP contribution in [0.4, 0.5) is 9.59 Å². The number of benzene rings is 2. The van der Waals surface area contributed by atoms with Crippen molar-refractivity contribution in [2.45, 2.75) is 145 Å². The van der Waals surface area contributed by atoms with Crippen LogP contribution in [0, 0.1) is 11.8 Å². The summed E-state index contributed by atoms with van der Waals surface area (Å²) >= 11 is 0. The lowest BCUT2D eigenvalue weighted by Crippen LogP contribution is -2.66. The normalized spacial score (nSPS) is 40.7. The van der Waals surface area contributed by atoms with Crippen molar-refractivity contribution in [2.24, 2.45) is 11.8 Å². The van der Waals surface area contributed by atoms with Gasteiger partial charge in [-0.05, 0) is 44.4 Å². The first kappa shape index (κ1) is 41.7. The Balaban J connectivity index is 1.03. The first-order chi connectivity index (χ1) is 27.4. The number of fused-ring (bicyclic) bond motifs is 3. The van der Waals surface area contributed by atoms with Gasteiger partial charge in [0.2, 0.25) is 6.41 Å². The van der Waals surface area contributed by atoms with Crippen LogP contribution < -0.4 is 10.6 Å². The van der Waals surface area contributed by atoms with Gasteiger partial charge in [-0.1, -0.05) is 74.5 Å². The summed E-state index contributed by atoms with van der Waals surface area (Å²) in [5.41, 5.74) is 1.61. The molecule has 57 heavy (non-hydrogen) atoms. The molecule has 4 aliphatic heterocycles. The van der Waals surface area contributed by atoms with E-state index in [0.29, 0.717) is 6.42 Å². The molecule has 0 aromatic heterocycles. The van der Waals surface area contributed by atoms with E-state index in [1.54, 1.807) is 20.9 Å². The average Bonchev–Trinajstić information content (AvgIpc) is 3.50. The first-order valence-electron chi connectivity index (χ1n) is 19.7. The second kappa shape index (κ2) is 18.2. The summed E-state index contributed by atoms with van der Waals surface area (Å²) in [6.07, 6.45) is -12.3. The van der Waals surface area contributed by atoms with E-state index in [9.17, 15) is 30.0 Å². The molecule has 0 radical (unpaired) electrons.